The molecule has 0 atom stereocenters. The molecule has 1 aliphatic rings. The highest BCUT2D eigenvalue weighted by atomic mass is 16.2. The average Bonchev–Trinajstić information content (AvgIpc) is 2.80. The summed E-state index contributed by atoms with van der Waals surface area (Å²) in [4.78, 5) is 17.3. The summed E-state index contributed by atoms with van der Waals surface area (Å²) in [7, 11) is 0. The van der Waals surface area contributed by atoms with Crippen molar-refractivity contribution in [1.82, 2.24) is 9.80 Å². The van der Waals surface area contributed by atoms with Gasteiger partial charge in [-0.05, 0) is 38.0 Å². The van der Waals surface area contributed by atoms with Crippen LogP contribution in [0.1, 0.15) is 33.5 Å². The van der Waals surface area contributed by atoms with Crippen LogP contribution in [0.25, 0.3) is 0 Å². The number of carbonyl (C=O) groups excluding carboxylic acids is 1. The van der Waals surface area contributed by atoms with Gasteiger partial charge in [-0.1, -0.05) is 47.5 Å². The molecule has 1 heterocycles. The molecular formula is C21H26N2O. The van der Waals surface area contributed by atoms with E-state index in [0.29, 0.717) is 0 Å². The maximum absolute atomic E-state index is 12.8. The lowest BCUT2D eigenvalue weighted by Crippen LogP contribution is -2.35. The molecule has 1 fully saturated rings. The van der Waals surface area contributed by atoms with E-state index in [1.54, 1.807) is 0 Å². The van der Waals surface area contributed by atoms with E-state index in [4.69, 9.17) is 0 Å². The quantitative estimate of drug-likeness (QED) is 0.861. The Labute approximate surface area is 144 Å². The van der Waals surface area contributed by atoms with Crippen molar-refractivity contribution in [2.24, 2.45) is 0 Å². The molecular weight excluding hydrogens is 296 g/mol. The Morgan fingerprint density at radius 1 is 0.917 bits per heavy atom. The number of aryl methyl sites for hydroxylation is 2. The zero-order valence-corrected chi connectivity index (χ0v) is 14.7. The molecule has 1 amide bonds. The molecule has 0 unspecified atom stereocenters. The van der Waals surface area contributed by atoms with Crippen LogP contribution in [-0.2, 0) is 6.54 Å². The van der Waals surface area contributed by atoms with Gasteiger partial charge < -0.3 is 4.90 Å². The van der Waals surface area contributed by atoms with Gasteiger partial charge in [-0.3, -0.25) is 9.69 Å². The number of hydrogen-bond acceptors (Lipinski definition) is 2. The molecule has 0 aromatic heterocycles. The van der Waals surface area contributed by atoms with E-state index in [-0.39, 0.29) is 5.91 Å². The maximum atomic E-state index is 12.8. The molecule has 1 saturated heterocycles. The van der Waals surface area contributed by atoms with Crippen LogP contribution in [0.15, 0.2) is 48.5 Å². The summed E-state index contributed by atoms with van der Waals surface area (Å²) in [6.07, 6.45) is 1.03. The van der Waals surface area contributed by atoms with Gasteiger partial charge in [0.25, 0.3) is 5.91 Å². The smallest absolute Gasteiger partial charge is 0.253 e. The minimum atomic E-state index is 0.170. The van der Waals surface area contributed by atoms with Crippen molar-refractivity contribution in [3.05, 3.63) is 70.8 Å². The van der Waals surface area contributed by atoms with Crippen molar-refractivity contribution in [3.63, 3.8) is 0 Å². The second-order valence-electron chi connectivity index (χ2n) is 6.78. The van der Waals surface area contributed by atoms with E-state index in [0.717, 1.165) is 55.8 Å². The topological polar surface area (TPSA) is 23.6 Å². The van der Waals surface area contributed by atoms with E-state index in [2.05, 4.69) is 41.3 Å². The van der Waals surface area contributed by atoms with Crippen molar-refractivity contribution >= 4 is 5.91 Å². The van der Waals surface area contributed by atoms with Crippen molar-refractivity contribution in [3.8, 4) is 0 Å². The van der Waals surface area contributed by atoms with Crippen molar-refractivity contribution < 1.29 is 4.79 Å². The summed E-state index contributed by atoms with van der Waals surface area (Å²) >= 11 is 0. The lowest BCUT2D eigenvalue weighted by Gasteiger charge is -2.22. The predicted molar refractivity (Wildman–Crippen MR) is 98.2 cm³/mol. The maximum Gasteiger partial charge on any atom is 0.253 e. The number of hydrogen-bond donors (Lipinski definition) is 0. The first kappa shape index (κ1) is 16.7. The minimum absolute atomic E-state index is 0.170. The molecule has 0 aliphatic carbocycles. The van der Waals surface area contributed by atoms with Gasteiger partial charge in [0.15, 0.2) is 0 Å². The molecule has 0 bridgehead atoms. The van der Waals surface area contributed by atoms with Gasteiger partial charge in [0.1, 0.15) is 0 Å². The second-order valence-corrected chi connectivity index (χ2v) is 6.78. The van der Waals surface area contributed by atoms with Crippen LogP contribution in [0.5, 0.6) is 0 Å². The lowest BCUT2D eigenvalue weighted by molar-refractivity contribution is 0.0761. The third-order valence-corrected chi connectivity index (χ3v) is 4.59. The fraction of sp³-hybridized carbons (Fsp3) is 0.381. The fourth-order valence-corrected chi connectivity index (χ4v) is 3.45. The Kier molecular flexibility index (Phi) is 5.31. The Balaban J connectivity index is 1.63. The third kappa shape index (κ3) is 4.24. The van der Waals surface area contributed by atoms with Crippen LogP contribution < -0.4 is 0 Å². The largest absolute Gasteiger partial charge is 0.337 e. The summed E-state index contributed by atoms with van der Waals surface area (Å²) in [5, 5.41) is 0. The van der Waals surface area contributed by atoms with Gasteiger partial charge in [-0.15, -0.1) is 0 Å². The molecule has 0 saturated carbocycles. The Morgan fingerprint density at radius 3 is 2.33 bits per heavy atom. The van der Waals surface area contributed by atoms with Crippen LogP contribution >= 0.6 is 0 Å². The standard InChI is InChI=1S/C21H26N2O/c1-17-13-18(2)15-20(14-17)21(24)23-10-6-9-22(11-12-23)16-19-7-4-3-5-8-19/h3-5,7-8,13-15H,6,9-12,16H2,1-2H3. The number of rotatable bonds is 3. The van der Waals surface area contributed by atoms with Crippen molar-refractivity contribution in [2.45, 2.75) is 26.8 Å². The summed E-state index contributed by atoms with van der Waals surface area (Å²) in [6, 6.07) is 16.7. The summed E-state index contributed by atoms with van der Waals surface area (Å²) in [5.41, 5.74) is 4.47. The van der Waals surface area contributed by atoms with Gasteiger partial charge in [-0.2, -0.15) is 0 Å². The molecule has 0 N–H and O–H groups in total. The van der Waals surface area contributed by atoms with Crippen LogP contribution in [0.2, 0.25) is 0 Å². The molecule has 3 nitrogen and oxygen atoms in total. The highest BCUT2D eigenvalue weighted by Crippen LogP contribution is 2.14. The van der Waals surface area contributed by atoms with Gasteiger partial charge >= 0.3 is 0 Å². The first-order chi connectivity index (χ1) is 11.6. The molecule has 0 radical (unpaired) electrons. The molecule has 3 rings (SSSR count). The first-order valence-corrected chi connectivity index (χ1v) is 8.76. The number of nitrogens with zero attached hydrogens (tertiary/aromatic N) is 2. The van der Waals surface area contributed by atoms with Crippen LogP contribution in [-0.4, -0.2) is 41.9 Å². The van der Waals surface area contributed by atoms with Crippen LogP contribution in [0.3, 0.4) is 0 Å². The Hall–Kier alpha value is -2.13. The lowest BCUT2D eigenvalue weighted by atomic mass is 10.1. The zero-order chi connectivity index (χ0) is 16.9. The Morgan fingerprint density at radius 2 is 1.62 bits per heavy atom. The molecule has 126 valence electrons. The normalized spacial score (nSPS) is 16.0. The van der Waals surface area contributed by atoms with Gasteiger partial charge in [0.05, 0.1) is 0 Å². The SMILES string of the molecule is Cc1cc(C)cc(C(=O)N2CCCN(Cc3ccccc3)CC2)c1. The van der Waals surface area contributed by atoms with Gasteiger partial charge in [0, 0.05) is 38.3 Å². The highest BCUT2D eigenvalue weighted by molar-refractivity contribution is 5.94. The zero-order valence-electron chi connectivity index (χ0n) is 14.7. The van der Waals surface area contributed by atoms with Crippen molar-refractivity contribution in [2.75, 3.05) is 26.2 Å². The van der Waals surface area contributed by atoms with Gasteiger partial charge in [0.2, 0.25) is 0 Å². The van der Waals surface area contributed by atoms with Crippen LogP contribution in [0.4, 0.5) is 0 Å². The summed E-state index contributed by atoms with van der Waals surface area (Å²) in [6.45, 7) is 8.70. The molecule has 0 spiro atoms. The fourth-order valence-electron chi connectivity index (χ4n) is 3.45. The summed E-state index contributed by atoms with van der Waals surface area (Å²) in [5.74, 6) is 0.170. The van der Waals surface area contributed by atoms with Gasteiger partial charge in [-0.25, -0.2) is 0 Å². The van der Waals surface area contributed by atoms with Crippen molar-refractivity contribution in [1.29, 1.82) is 0 Å². The minimum Gasteiger partial charge on any atom is -0.337 e. The van der Waals surface area contributed by atoms with Crippen LogP contribution in [0, 0.1) is 13.8 Å². The Bertz CT molecular complexity index is 676. The average molecular weight is 322 g/mol. The predicted octanol–water partition coefficient (Wildman–Crippen LogP) is 3.65. The van der Waals surface area contributed by atoms with E-state index >= 15 is 0 Å². The highest BCUT2D eigenvalue weighted by Gasteiger charge is 2.20. The molecule has 2 aromatic carbocycles. The van der Waals surface area contributed by atoms with E-state index in [1.165, 1.54) is 5.56 Å². The molecule has 2 aromatic rings. The van der Waals surface area contributed by atoms with E-state index in [9.17, 15) is 4.79 Å². The van der Waals surface area contributed by atoms with E-state index in [1.807, 2.05) is 30.9 Å². The molecule has 24 heavy (non-hydrogen) atoms. The molecule has 1 aliphatic heterocycles. The monoisotopic (exact) mass is 322 g/mol. The molecule has 3 heteroatoms. The summed E-state index contributed by atoms with van der Waals surface area (Å²) < 4.78 is 0. The first-order valence-electron chi connectivity index (χ1n) is 8.76. The number of benzene rings is 2. The third-order valence-electron chi connectivity index (χ3n) is 4.59. The van der Waals surface area contributed by atoms with E-state index < -0.39 is 0 Å². The second kappa shape index (κ2) is 7.63. The number of amides is 1. The number of carbonyl (C=O) groups is 1.